The van der Waals surface area contributed by atoms with Crippen molar-refractivity contribution in [3.63, 3.8) is 0 Å². The molecule has 0 fully saturated rings. The molecule has 0 N–H and O–H groups in total. The molecule has 0 aliphatic carbocycles. The Labute approximate surface area is 194 Å². The van der Waals surface area contributed by atoms with E-state index < -0.39 is 0 Å². The van der Waals surface area contributed by atoms with E-state index in [4.69, 9.17) is 30.9 Å². The summed E-state index contributed by atoms with van der Waals surface area (Å²) in [6.07, 6.45) is 0.406. The summed E-state index contributed by atoms with van der Waals surface area (Å²) >= 11 is 9.82. The smallest absolute Gasteiger partial charge is 0.213 e. The Balaban J connectivity index is 1.58. The Kier molecular flexibility index (Phi) is 5.28. The zero-order valence-corrected chi connectivity index (χ0v) is 19.4. The van der Waals surface area contributed by atoms with Crippen LogP contribution in [-0.4, -0.2) is 24.9 Å². The van der Waals surface area contributed by atoms with Gasteiger partial charge in [0.25, 0.3) is 0 Å². The standard InChI is InChI=1S/C24H20BrClN2O3/c1-29-22-9-5-15(11-23(22)30-2)19-13-20-18-12-17(26)8-10-21(18)31-24(28(20)27-19)14-3-6-16(25)7-4-14/h3-12,20,24H,13H2,1-2H3. The van der Waals surface area contributed by atoms with Crippen LogP contribution in [0.15, 0.2) is 70.2 Å². The van der Waals surface area contributed by atoms with E-state index >= 15 is 0 Å². The van der Waals surface area contributed by atoms with Crippen LogP contribution < -0.4 is 14.2 Å². The third-order valence-electron chi connectivity index (χ3n) is 5.62. The number of hydrogen-bond donors (Lipinski definition) is 0. The van der Waals surface area contributed by atoms with Gasteiger partial charge in [-0.25, -0.2) is 5.01 Å². The summed E-state index contributed by atoms with van der Waals surface area (Å²) in [5.41, 5.74) is 4.03. The lowest BCUT2D eigenvalue weighted by Crippen LogP contribution is -2.33. The van der Waals surface area contributed by atoms with Crippen LogP contribution in [0.5, 0.6) is 17.2 Å². The largest absolute Gasteiger partial charge is 0.493 e. The molecule has 7 heteroatoms. The molecule has 0 spiro atoms. The molecule has 0 bridgehead atoms. The maximum absolute atomic E-state index is 6.39. The van der Waals surface area contributed by atoms with Gasteiger partial charge in [0.05, 0.1) is 26.0 Å². The van der Waals surface area contributed by atoms with Crippen molar-refractivity contribution in [3.05, 3.63) is 86.8 Å². The number of hydrazone groups is 1. The molecule has 0 amide bonds. The lowest BCUT2D eigenvalue weighted by atomic mass is 9.95. The lowest BCUT2D eigenvalue weighted by molar-refractivity contribution is -0.0190. The van der Waals surface area contributed by atoms with Crippen molar-refractivity contribution in [2.45, 2.75) is 18.7 Å². The monoisotopic (exact) mass is 498 g/mol. The normalized spacial score (nSPS) is 19.2. The zero-order chi connectivity index (χ0) is 21.5. The Morgan fingerprint density at radius 1 is 1.00 bits per heavy atom. The SMILES string of the molecule is COc1ccc(C2=NN3C(C2)c2cc(Cl)ccc2OC3c2ccc(Br)cc2)cc1OC. The van der Waals surface area contributed by atoms with Crippen LogP contribution >= 0.6 is 27.5 Å². The molecule has 2 aliphatic rings. The summed E-state index contributed by atoms with van der Waals surface area (Å²) in [5, 5.41) is 7.71. The fraction of sp³-hybridized carbons (Fsp3) is 0.208. The van der Waals surface area contributed by atoms with Gasteiger partial charge in [0.1, 0.15) is 5.75 Å². The molecule has 2 aliphatic heterocycles. The Hall–Kier alpha value is -2.70. The van der Waals surface area contributed by atoms with E-state index in [0.29, 0.717) is 16.5 Å². The first-order valence-electron chi connectivity index (χ1n) is 9.87. The molecule has 2 heterocycles. The van der Waals surface area contributed by atoms with E-state index in [-0.39, 0.29) is 12.3 Å². The number of ether oxygens (including phenoxy) is 3. The van der Waals surface area contributed by atoms with Crippen molar-refractivity contribution in [2.24, 2.45) is 5.10 Å². The predicted molar refractivity (Wildman–Crippen MR) is 124 cm³/mol. The topological polar surface area (TPSA) is 43.3 Å². The maximum atomic E-state index is 6.39. The average Bonchev–Trinajstić information content (AvgIpc) is 3.24. The van der Waals surface area contributed by atoms with Gasteiger partial charge in [0, 0.05) is 32.6 Å². The molecule has 5 rings (SSSR count). The molecule has 0 radical (unpaired) electrons. The molecule has 0 saturated carbocycles. The summed E-state index contributed by atoms with van der Waals surface area (Å²) in [7, 11) is 3.27. The van der Waals surface area contributed by atoms with Gasteiger partial charge in [-0.05, 0) is 48.5 Å². The van der Waals surface area contributed by atoms with Crippen LogP contribution in [0.25, 0.3) is 0 Å². The molecular weight excluding hydrogens is 480 g/mol. The van der Waals surface area contributed by atoms with E-state index in [2.05, 4.69) is 28.1 Å². The number of rotatable bonds is 4. The highest BCUT2D eigenvalue weighted by Gasteiger charge is 2.41. The first-order valence-corrected chi connectivity index (χ1v) is 11.0. The minimum atomic E-state index is -0.329. The molecule has 3 aromatic carbocycles. The number of hydrogen-bond acceptors (Lipinski definition) is 5. The molecule has 2 unspecified atom stereocenters. The molecule has 2 atom stereocenters. The van der Waals surface area contributed by atoms with Crippen LogP contribution in [0, 0.1) is 0 Å². The van der Waals surface area contributed by atoms with Crippen LogP contribution in [0.2, 0.25) is 5.02 Å². The van der Waals surface area contributed by atoms with Crippen LogP contribution in [0.4, 0.5) is 0 Å². The van der Waals surface area contributed by atoms with E-state index in [9.17, 15) is 0 Å². The second-order valence-electron chi connectivity index (χ2n) is 7.42. The highest BCUT2D eigenvalue weighted by molar-refractivity contribution is 9.10. The predicted octanol–water partition coefficient (Wildman–Crippen LogP) is 6.36. The number of nitrogens with zero attached hydrogens (tertiary/aromatic N) is 2. The average molecular weight is 500 g/mol. The number of halogens is 2. The summed E-state index contributed by atoms with van der Waals surface area (Å²) in [5.74, 6) is 2.20. The number of benzene rings is 3. The first kappa shape index (κ1) is 20.2. The minimum absolute atomic E-state index is 0.0270. The Morgan fingerprint density at radius 3 is 2.52 bits per heavy atom. The molecular formula is C24H20BrClN2O3. The summed E-state index contributed by atoms with van der Waals surface area (Å²) < 4.78 is 18.3. The van der Waals surface area contributed by atoms with Crippen LogP contribution in [-0.2, 0) is 0 Å². The number of fused-ring (bicyclic) bond motifs is 3. The quantitative estimate of drug-likeness (QED) is 0.419. The summed E-state index contributed by atoms with van der Waals surface area (Å²) in [6, 6.07) is 19.8. The van der Waals surface area contributed by atoms with Gasteiger partial charge in [-0.3, -0.25) is 0 Å². The van der Waals surface area contributed by atoms with Crippen molar-refractivity contribution >= 4 is 33.2 Å². The molecule has 31 heavy (non-hydrogen) atoms. The van der Waals surface area contributed by atoms with Crippen molar-refractivity contribution in [1.82, 2.24) is 5.01 Å². The third-order valence-corrected chi connectivity index (χ3v) is 6.39. The second kappa shape index (κ2) is 8.09. The van der Waals surface area contributed by atoms with Crippen molar-refractivity contribution < 1.29 is 14.2 Å². The van der Waals surface area contributed by atoms with Crippen molar-refractivity contribution in [1.29, 1.82) is 0 Å². The Morgan fingerprint density at radius 2 is 1.77 bits per heavy atom. The van der Waals surface area contributed by atoms with E-state index in [1.54, 1.807) is 14.2 Å². The van der Waals surface area contributed by atoms with Crippen molar-refractivity contribution in [2.75, 3.05) is 14.2 Å². The van der Waals surface area contributed by atoms with Gasteiger partial charge in [0.2, 0.25) is 6.23 Å². The van der Waals surface area contributed by atoms with Gasteiger partial charge in [-0.2, -0.15) is 5.10 Å². The molecule has 158 valence electrons. The molecule has 5 nitrogen and oxygen atoms in total. The molecule has 0 aromatic heterocycles. The van der Waals surface area contributed by atoms with Crippen LogP contribution in [0.1, 0.15) is 35.4 Å². The molecule has 0 saturated heterocycles. The zero-order valence-electron chi connectivity index (χ0n) is 17.0. The maximum Gasteiger partial charge on any atom is 0.213 e. The highest BCUT2D eigenvalue weighted by Crippen LogP contribution is 2.48. The van der Waals surface area contributed by atoms with Gasteiger partial charge < -0.3 is 14.2 Å². The highest BCUT2D eigenvalue weighted by atomic mass is 79.9. The number of methoxy groups -OCH3 is 2. The molecule has 3 aromatic rings. The van der Waals surface area contributed by atoms with Gasteiger partial charge in [-0.15, -0.1) is 0 Å². The Bertz CT molecular complexity index is 1170. The van der Waals surface area contributed by atoms with Gasteiger partial charge >= 0.3 is 0 Å². The summed E-state index contributed by atoms with van der Waals surface area (Å²) in [6.45, 7) is 0. The van der Waals surface area contributed by atoms with Crippen molar-refractivity contribution in [3.8, 4) is 17.2 Å². The fourth-order valence-electron chi connectivity index (χ4n) is 4.10. The first-order chi connectivity index (χ1) is 15.1. The second-order valence-corrected chi connectivity index (χ2v) is 8.77. The van der Waals surface area contributed by atoms with Crippen LogP contribution in [0.3, 0.4) is 0 Å². The fourth-order valence-corrected chi connectivity index (χ4v) is 4.54. The van der Waals surface area contributed by atoms with E-state index in [1.165, 1.54) is 0 Å². The van der Waals surface area contributed by atoms with Gasteiger partial charge in [-0.1, -0.05) is 39.7 Å². The van der Waals surface area contributed by atoms with Gasteiger partial charge in [0.15, 0.2) is 11.5 Å². The van der Waals surface area contributed by atoms with E-state index in [0.717, 1.165) is 39.0 Å². The lowest BCUT2D eigenvalue weighted by Gasteiger charge is -2.38. The minimum Gasteiger partial charge on any atom is -0.493 e. The van der Waals surface area contributed by atoms with E-state index in [1.807, 2.05) is 53.5 Å². The summed E-state index contributed by atoms with van der Waals surface area (Å²) in [4.78, 5) is 0. The third kappa shape index (κ3) is 3.64.